The first-order valence-electron chi connectivity index (χ1n) is 12.5. The van der Waals surface area contributed by atoms with Crippen LogP contribution in [-0.2, 0) is 22.7 Å². The third-order valence-electron chi connectivity index (χ3n) is 7.74. The van der Waals surface area contributed by atoms with Crippen LogP contribution in [0.1, 0.15) is 44.2 Å². The van der Waals surface area contributed by atoms with E-state index in [1.807, 2.05) is 0 Å². The third kappa shape index (κ3) is 4.00. The molecule has 0 unspecified atom stereocenters. The normalized spacial score (nSPS) is 26.6. The van der Waals surface area contributed by atoms with Crippen LogP contribution < -0.4 is 10.2 Å². The van der Waals surface area contributed by atoms with Gasteiger partial charge in [-0.05, 0) is 38.5 Å². The van der Waals surface area contributed by atoms with Gasteiger partial charge in [0.1, 0.15) is 0 Å². The van der Waals surface area contributed by atoms with Crippen LogP contribution in [0.5, 0.6) is 0 Å². The van der Waals surface area contributed by atoms with Crippen molar-refractivity contribution in [1.29, 1.82) is 0 Å². The van der Waals surface area contributed by atoms with Gasteiger partial charge in [0.25, 0.3) is 0 Å². The summed E-state index contributed by atoms with van der Waals surface area (Å²) < 4.78 is 57.3. The van der Waals surface area contributed by atoms with Gasteiger partial charge >= 0.3 is 6.18 Å². The summed E-state index contributed by atoms with van der Waals surface area (Å²) in [6.45, 7) is 1.12. The van der Waals surface area contributed by atoms with E-state index in [0.29, 0.717) is 24.6 Å². The highest BCUT2D eigenvalue weighted by molar-refractivity contribution is 5.99. The van der Waals surface area contributed by atoms with Crippen LogP contribution in [-0.4, -0.2) is 69.1 Å². The summed E-state index contributed by atoms with van der Waals surface area (Å²) in [7, 11) is 3.42. The Morgan fingerprint density at radius 2 is 1.78 bits per heavy atom. The molecule has 2 aliphatic heterocycles. The van der Waals surface area contributed by atoms with Gasteiger partial charge in [-0.25, -0.2) is 4.98 Å². The van der Waals surface area contributed by atoms with E-state index in [-0.39, 0.29) is 41.1 Å². The molecule has 0 radical (unpaired) electrons. The lowest BCUT2D eigenvalue weighted by Crippen LogP contribution is -2.46. The van der Waals surface area contributed by atoms with Crippen LogP contribution in [0.3, 0.4) is 0 Å². The van der Waals surface area contributed by atoms with E-state index in [9.17, 15) is 13.2 Å². The molecule has 2 saturated heterocycles. The average molecular weight is 506 g/mol. The number of halogens is 3. The van der Waals surface area contributed by atoms with E-state index in [1.54, 1.807) is 32.6 Å². The lowest BCUT2D eigenvalue weighted by atomic mass is 9.92. The summed E-state index contributed by atoms with van der Waals surface area (Å²) in [4.78, 5) is 6.78. The highest BCUT2D eigenvalue weighted by atomic mass is 19.4. The van der Waals surface area contributed by atoms with Crippen LogP contribution in [0.2, 0.25) is 0 Å². The second kappa shape index (κ2) is 8.91. The summed E-state index contributed by atoms with van der Waals surface area (Å²) in [6.07, 6.45) is 4.13. The number of ether oxygens (including phenoxy) is 2. The van der Waals surface area contributed by atoms with Crippen molar-refractivity contribution >= 4 is 22.4 Å². The van der Waals surface area contributed by atoms with Crippen molar-refractivity contribution in [2.24, 2.45) is 7.05 Å². The minimum Gasteiger partial charge on any atom is -0.381 e. The molecular formula is C24H30F3N7O2. The maximum atomic E-state index is 14.4. The maximum Gasteiger partial charge on any atom is 0.435 e. The smallest absolute Gasteiger partial charge is 0.381 e. The van der Waals surface area contributed by atoms with Crippen LogP contribution >= 0.6 is 0 Å². The summed E-state index contributed by atoms with van der Waals surface area (Å²) in [5.41, 5.74) is 0.331. The number of fused-ring (bicyclic) bond motifs is 3. The molecule has 2 atom stereocenters. The predicted molar refractivity (Wildman–Crippen MR) is 127 cm³/mol. The number of aromatic nitrogens is 5. The Bertz CT molecular complexity index is 1230. The third-order valence-corrected chi connectivity index (χ3v) is 7.74. The number of pyridine rings is 1. The molecular weight excluding hydrogens is 475 g/mol. The minimum atomic E-state index is -4.66. The van der Waals surface area contributed by atoms with Crippen molar-refractivity contribution in [3.05, 3.63) is 24.2 Å². The highest BCUT2D eigenvalue weighted by Crippen LogP contribution is 2.45. The molecule has 9 nitrogen and oxygen atoms in total. The summed E-state index contributed by atoms with van der Waals surface area (Å²) in [5, 5.41) is 11.8. The minimum absolute atomic E-state index is 0.00888. The molecule has 12 heteroatoms. The number of nitrogens with one attached hydrogen (secondary N) is 1. The van der Waals surface area contributed by atoms with Gasteiger partial charge in [0.15, 0.2) is 17.2 Å². The van der Waals surface area contributed by atoms with Crippen molar-refractivity contribution in [3.63, 3.8) is 0 Å². The van der Waals surface area contributed by atoms with Crippen LogP contribution in [0.25, 0.3) is 16.9 Å². The number of methoxy groups -OCH3 is 1. The van der Waals surface area contributed by atoms with Crippen molar-refractivity contribution in [1.82, 2.24) is 24.5 Å². The second-order valence-corrected chi connectivity index (χ2v) is 10.0. The molecule has 1 N–H and O–H groups in total. The Balaban J connectivity index is 1.53. The van der Waals surface area contributed by atoms with Gasteiger partial charge in [-0.2, -0.15) is 28.1 Å². The Kier molecular flexibility index (Phi) is 5.83. The molecule has 3 aromatic rings. The zero-order valence-electron chi connectivity index (χ0n) is 20.3. The number of rotatable bonds is 5. The predicted octanol–water partition coefficient (Wildman–Crippen LogP) is 3.91. The number of hydrogen-bond acceptors (Lipinski definition) is 7. The maximum absolute atomic E-state index is 14.4. The van der Waals surface area contributed by atoms with Crippen LogP contribution in [0.15, 0.2) is 18.5 Å². The molecule has 36 heavy (non-hydrogen) atoms. The van der Waals surface area contributed by atoms with Gasteiger partial charge in [0, 0.05) is 32.5 Å². The van der Waals surface area contributed by atoms with E-state index >= 15 is 0 Å². The largest absolute Gasteiger partial charge is 0.435 e. The van der Waals surface area contributed by atoms with Gasteiger partial charge in [0.2, 0.25) is 0 Å². The first kappa shape index (κ1) is 23.5. The molecule has 3 fully saturated rings. The Hall–Kier alpha value is -2.86. The molecule has 0 amide bonds. The number of nitrogens with zero attached hydrogens (tertiary/aromatic N) is 6. The Morgan fingerprint density at radius 1 is 1.06 bits per heavy atom. The molecule has 0 spiro atoms. The molecule has 5 heterocycles. The van der Waals surface area contributed by atoms with Gasteiger partial charge in [-0.3, -0.25) is 4.68 Å². The number of morpholine rings is 1. The van der Waals surface area contributed by atoms with Gasteiger partial charge in [-0.1, -0.05) is 0 Å². The Labute approximate surface area is 206 Å². The fourth-order valence-electron chi connectivity index (χ4n) is 5.96. The van der Waals surface area contributed by atoms with E-state index in [1.165, 1.54) is 9.36 Å². The number of hydrogen-bond donors (Lipinski definition) is 1. The zero-order chi connectivity index (χ0) is 25.0. The fraction of sp³-hybridized carbons (Fsp3) is 0.625. The first-order chi connectivity index (χ1) is 17.3. The van der Waals surface area contributed by atoms with Crippen molar-refractivity contribution in [3.8, 4) is 5.82 Å². The number of alkyl halides is 3. The first-order valence-corrected chi connectivity index (χ1v) is 12.5. The molecule has 0 aromatic carbocycles. The summed E-state index contributed by atoms with van der Waals surface area (Å²) in [5.74, 6) is 0.288. The molecule has 1 aliphatic carbocycles. The second-order valence-electron chi connectivity index (χ2n) is 10.0. The number of anilines is 2. The van der Waals surface area contributed by atoms with Crippen LogP contribution in [0.4, 0.5) is 24.5 Å². The summed E-state index contributed by atoms with van der Waals surface area (Å²) in [6, 6.07) is 1.89. The molecule has 194 valence electrons. The lowest BCUT2D eigenvalue weighted by Gasteiger charge is -2.38. The van der Waals surface area contributed by atoms with Crippen molar-refractivity contribution in [2.45, 2.75) is 68.9 Å². The monoisotopic (exact) mass is 505 g/mol. The molecule has 2 bridgehead atoms. The zero-order valence-corrected chi connectivity index (χ0v) is 20.3. The lowest BCUT2D eigenvalue weighted by molar-refractivity contribution is -0.140. The standard InChI is InChI=1S/C24H30F3N7O2/c1-32-10-9-19(30-32)34-23-20(22(31-34)24(25,26)27)21(29-14-3-7-17(35-2)8-4-14)18(11-28-23)33-15-5-6-16(33)13-36-12-15/h9-11,14-17H,3-8,12-13H2,1-2H3,(H,28,29)/t14?,15-,16-,17?/m1/s1. The van der Waals surface area contributed by atoms with E-state index < -0.39 is 11.9 Å². The topological polar surface area (TPSA) is 82.3 Å². The van der Waals surface area contributed by atoms with E-state index in [4.69, 9.17) is 9.47 Å². The number of aryl methyl sites for hydroxylation is 1. The van der Waals surface area contributed by atoms with E-state index in [0.717, 1.165) is 38.5 Å². The van der Waals surface area contributed by atoms with Gasteiger partial charge < -0.3 is 19.7 Å². The SMILES string of the molecule is COC1CCC(Nc2c(N3[C@@H]4CC[C@@H]3COC4)cnc3c2c(C(F)(F)F)nn3-c2ccn(C)n2)CC1. The Morgan fingerprint density at radius 3 is 2.39 bits per heavy atom. The van der Waals surface area contributed by atoms with Crippen molar-refractivity contribution < 1.29 is 22.6 Å². The average Bonchev–Trinajstić information content (AvgIpc) is 3.53. The fourth-order valence-corrected chi connectivity index (χ4v) is 5.96. The summed E-state index contributed by atoms with van der Waals surface area (Å²) >= 11 is 0. The molecule has 1 saturated carbocycles. The van der Waals surface area contributed by atoms with Crippen LogP contribution in [0, 0.1) is 0 Å². The molecule has 3 aliphatic rings. The van der Waals surface area contributed by atoms with Gasteiger partial charge in [-0.15, -0.1) is 0 Å². The van der Waals surface area contributed by atoms with Crippen molar-refractivity contribution in [2.75, 3.05) is 30.5 Å². The van der Waals surface area contributed by atoms with E-state index in [2.05, 4.69) is 25.4 Å². The molecule has 6 rings (SSSR count). The van der Waals surface area contributed by atoms with Gasteiger partial charge in [0.05, 0.1) is 54.4 Å². The highest BCUT2D eigenvalue weighted by Gasteiger charge is 2.43. The quantitative estimate of drug-likeness (QED) is 0.563. The molecule has 3 aromatic heterocycles.